The van der Waals surface area contributed by atoms with Gasteiger partial charge in [-0.2, -0.15) is 0 Å². The van der Waals surface area contributed by atoms with Gasteiger partial charge < -0.3 is 19.5 Å². The number of amidine groups is 1. The van der Waals surface area contributed by atoms with Crippen LogP contribution in [0, 0.1) is 0 Å². The Bertz CT molecular complexity index is 788. The monoisotopic (exact) mass is 372 g/mol. The van der Waals surface area contributed by atoms with Crippen LogP contribution in [0.2, 0.25) is 0 Å². The lowest BCUT2D eigenvalue weighted by Gasteiger charge is -2.23. The van der Waals surface area contributed by atoms with Crippen molar-refractivity contribution in [1.82, 2.24) is 4.90 Å². The summed E-state index contributed by atoms with van der Waals surface area (Å²) in [5.74, 6) is 7.48. The van der Waals surface area contributed by atoms with Crippen LogP contribution in [0.15, 0.2) is 53.5 Å². The van der Waals surface area contributed by atoms with Crippen molar-refractivity contribution >= 4 is 17.6 Å². The Morgan fingerprint density at radius 1 is 1.11 bits per heavy atom. The average molecular weight is 372 g/mol. The zero-order chi connectivity index (χ0) is 20.0. The van der Waals surface area contributed by atoms with Gasteiger partial charge in [-0.25, -0.2) is 15.6 Å². The van der Waals surface area contributed by atoms with Gasteiger partial charge in [-0.05, 0) is 55.5 Å². The molecule has 0 heterocycles. The summed E-state index contributed by atoms with van der Waals surface area (Å²) in [5.41, 5.74) is 1.31. The number of hydrogen-bond donors (Lipinski definition) is 2. The number of rotatable bonds is 5. The van der Waals surface area contributed by atoms with E-state index in [1.165, 1.54) is 22.0 Å². The first kappa shape index (κ1) is 20.1. The molecule has 0 saturated carbocycles. The summed E-state index contributed by atoms with van der Waals surface area (Å²) in [5, 5.41) is 10.9. The molecule has 0 fully saturated rings. The molecule has 2 aromatic rings. The highest BCUT2D eigenvalue weighted by Crippen LogP contribution is 2.21. The van der Waals surface area contributed by atoms with Crippen molar-refractivity contribution in [2.45, 2.75) is 13.2 Å². The number of carbonyl (C=O) groups excluding carboxylic acids is 1. The standard InChI is InChI=1S/C19H24N4O4/c1-13(27-19(25)22(2)3)21-18(14-5-9-16(24)10-6-14)23(20)15-7-11-17(26-4)12-8-15/h5-13,24H,20H2,1-4H3/b21-18-. The van der Waals surface area contributed by atoms with Crippen molar-refractivity contribution in [3.05, 3.63) is 54.1 Å². The predicted octanol–water partition coefficient (Wildman–Crippen LogP) is 2.57. The molecule has 0 spiro atoms. The minimum absolute atomic E-state index is 0.123. The largest absolute Gasteiger partial charge is 0.508 e. The maximum atomic E-state index is 11.8. The van der Waals surface area contributed by atoms with Crippen molar-refractivity contribution in [3.63, 3.8) is 0 Å². The third-order valence-corrected chi connectivity index (χ3v) is 3.64. The lowest BCUT2D eigenvalue weighted by atomic mass is 10.1. The van der Waals surface area contributed by atoms with Crippen LogP contribution in [-0.4, -0.2) is 49.4 Å². The molecule has 0 aliphatic heterocycles. The van der Waals surface area contributed by atoms with E-state index < -0.39 is 12.3 Å². The second-order valence-electron chi connectivity index (χ2n) is 5.95. The minimum atomic E-state index is -0.770. The molecule has 0 aliphatic rings. The molecule has 3 N–H and O–H groups in total. The normalized spacial score (nSPS) is 12.3. The van der Waals surface area contributed by atoms with Gasteiger partial charge in [-0.1, -0.05) is 0 Å². The molecule has 144 valence electrons. The number of nitrogens with zero attached hydrogens (tertiary/aromatic N) is 3. The summed E-state index contributed by atoms with van der Waals surface area (Å²) >= 11 is 0. The molecule has 2 rings (SSSR count). The number of anilines is 1. The number of benzene rings is 2. The lowest BCUT2D eigenvalue weighted by molar-refractivity contribution is 0.0865. The molecule has 8 heteroatoms. The predicted molar refractivity (Wildman–Crippen MR) is 104 cm³/mol. The van der Waals surface area contributed by atoms with Crippen LogP contribution in [0.3, 0.4) is 0 Å². The number of hydrogen-bond acceptors (Lipinski definition) is 6. The quantitative estimate of drug-likeness (QED) is 0.362. The Kier molecular flexibility index (Phi) is 6.62. The summed E-state index contributed by atoms with van der Waals surface area (Å²) in [7, 11) is 4.76. The molecule has 1 atom stereocenters. The molecular formula is C19H24N4O4. The van der Waals surface area contributed by atoms with E-state index in [2.05, 4.69) is 4.99 Å². The summed E-state index contributed by atoms with van der Waals surface area (Å²) in [4.78, 5) is 17.5. The number of carbonyl (C=O) groups is 1. The molecule has 27 heavy (non-hydrogen) atoms. The Morgan fingerprint density at radius 2 is 1.70 bits per heavy atom. The van der Waals surface area contributed by atoms with Crippen molar-refractivity contribution in [2.24, 2.45) is 10.8 Å². The van der Waals surface area contributed by atoms with E-state index in [0.717, 1.165) is 0 Å². The van der Waals surface area contributed by atoms with Gasteiger partial charge in [0.1, 0.15) is 11.5 Å². The molecule has 0 saturated heterocycles. The van der Waals surface area contributed by atoms with E-state index >= 15 is 0 Å². The fourth-order valence-corrected chi connectivity index (χ4v) is 2.20. The molecule has 0 aliphatic carbocycles. The molecular weight excluding hydrogens is 348 g/mol. The maximum Gasteiger partial charge on any atom is 0.411 e. The number of nitrogens with two attached hydrogens (primary N) is 1. The fourth-order valence-electron chi connectivity index (χ4n) is 2.20. The molecule has 8 nitrogen and oxygen atoms in total. The van der Waals surface area contributed by atoms with Crippen LogP contribution in [0.25, 0.3) is 0 Å². The summed E-state index contributed by atoms with van der Waals surface area (Å²) in [6, 6.07) is 13.5. The second-order valence-corrected chi connectivity index (χ2v) is 5.95. The fraction of sp³-hybridized carbons (Fsp3) is 0.263. The number of hydrazine groups is 1. The summed E-state index contributed by atoms with van der Waals surface area (Å²) in [6.07, 6.45) is -1.28. The number of aromatic hydroxyl groups is 1. The van der Waals surface area contributed by atoms with Gasteiger partial charge in [0, 0.05) is 19.7 Å². The van der Waals surface area contributed by atoms with Crippen LogP contribution in [-0.2, 0) is 4.74 Å². The highest BCUT2D eigenvalue weighted by molar-refractivity contribution is 6.09. The van der Waals surface area contributed by atoms with Gasteiger partial charge in [0.05, 0.1) is 12.8 Å². The van der Waals surface area contributed by atoms with E-state index in [0.29, 0.717) is 22.8 Å². The van der Waals surface area contributed by atoms with Crippen molar-refractivity contribution in [2.75, 3.05) is 26.2 Å². The zero-order valence-corrected chi connectivity index (χ0v) is 15.8. The van der Waals surface area contributed by atoms with E-state index in [4.69, 9.17) is 15.3 Å². The highest BCUT2D eigenvalue weighted by atomic mass is 16.6. The number of aliphatic imine (C=N–C) groups is 1. The van der Waals surface area contributed by atoms with Gasteiger partial charge in [-0.3, -0.25) is 5.01 Å². The first-order chi connectivity index (χ1) is 12.8. The van der Waals surface area contributed by atoms with Crippen LogP contribution in [0.1, 0.15) is 12.5 Å². The van der Waals surface area contributed by atoms with Crippen LogP contribution in [0.5, 0.6) is 11.5 Å². The second kappa shape index (κ2) is 8.91. The number of methoxy groups -OCH3 is 1. The topological polar surface area (TPSA) is 101 Å². The molecule has 0 radical (unpaired) electrons. The first-order valence-corrected chi connectivity index (χ1v) is 8.26. The minimum Gasteiger partial charge on any atom is -0.508 e. The SMILES string of the molecule is COc1ccc(N(N)/C(=N\C(C)OC(=O)N(C)C)c2ccc(O)cc2)cc1. The molecule has 1 amide bonds. The number of amides is 1. The Balaban J connectivity index is 2.37. The van der Waals surface area contributed by atoms with E-state index in [9.17, 15) is 9.90 Å². The summed E-state index contributed by atoms with van der Waals surface area (Å²) in [6.45, 7) is 1.64. The third kappa shape index (κ3) is 5.35. The Morgan fingerprint density at radius 3 is 2.22 bits per heavy atom. The van der Waals surface area contributed by atoms with Gasteiger partial charge in [0.2, 0.25) is 0 Å². The van der Waals surface area contributed by atoms with Gasteiger partial charge in [-0.15, -0.1) is 0 Å². The smallest absolute Gasteiger partial charge is 0.411 e. The van der Waals surface area contributed by atoms with Gasteiger partial charge in [0.15, 0.2) is 12.1 Å². The Labute approximate surface area is 158 Å². The van der Waals surface area contributed by atoms with E-state index in [1.54, 1.807) is 64.5 Å². The van der Waals surface area contributed by atoms with E-state index in [1.807, 2.05) is 0 Å². The van der Waals surface area contributed by atoms with Gasteiger partial charge in [0.25, 0.3) is 0 Å². The zero-order valence-electron chi connectivity index (χ0n) is 15.8. The summed E-state index contributed by atoms with van der Waals surface area (Å²) < 4.78 is 10.4. The first-order valence-electron chi connectivity index (χ1n) is 8.26. The number of phenolic OH excluding ortho intramolecular Hbond substituents is 1. The van der Waals surface area contributed by atoms with Crippen LogP contribution in [0.4, 0.5) is 10.5 Å². The van der Waals surface area contributed by atoms with Crippen molar-refractivity contribution < 1.29 is 19.4 Å². The average Bonchev–Trinajstić information content (AvgIpc) is 2.66. The maximum absolute atomic E-state index is 11.8. The van der Waals surface area contributed by atoms with Crippen molar-refractivity contribution in [1.29, 1.82) is 0 Å². The molecule has 1 unspecified atom stereocenters. The van der Waals surface area contributed by atoms with E-state index in [-0.39, 0.29) is 5.75 Å². The van der Waals surface area contributed by atoms with Crippen molar-refractivity contribution in [3.8, 4) is 11.5 Å². The Hall–Kier alpha value is -3.26. The lowest BCUT2D eigenvalue weighted by Crippen LogP contribution is -2.39. The molecule has 0 aromatic heterocycles. The van der Waals surface area contributed by atoms with Crippen LogP contribution < -0.4 is 15.6 Å². The molecule has 2 aromatic carbocycles. The third-order valence-electron chi connectivity index (χ3n) is 3.64. The van der Waals surface area contributed by atoms with Crippen LogP contribution >= 0.6 is 0 Å². The van der Waals surface area contributed by atoms with Gasteiger partial charge >= 0.3 is 6.09 Å². The number of ether oxygens (including phenoxy) is 2. The molecule has 0 bridgehead atoms. The highest BCUT2D eigenvalue weighted by Gasteiger charge is 2.17. The number of phenols is 1.